The van der Waals surface area contributed by atoms with E-state index in [0.29, 0.717) is 0 Å². The van der Waals surface area contributed by atoms with Crippen LogP contribution in [0, 0.1) is 5.92 Å². The monoisotopic (exact) mass is 302 g/mol. The molecule has 1 unspecified atom stereocenters. The maximum Gasteiger partial charge on any atom is 0.305 e. The van der Waals surface area contributed by atoms with E-state index in [2.05, 4.69) is 10.3 Å². The molecule has 1 amide bonds. The second-order valence-electron chi connectivity index (χ2n) is 4.49. The first-order valence-electron chi connectivity index (χ1n) is 5.82. The zero-order chi connectivity index (χ0) is 14.0. The molecule has 1 aromatic rings. The Morgan fingerprint density at radius 3 is 2.63 bits per heavy atom. The standard InChI is InChI=1S/C12H12Cl2N2O3/c13-9-4-3-7(11(14)16-9)12(19)15-8(5-10(17)18)6-1-2-6/h3-4,6,8H,1-2,5H2,(H,15,19)(H,17,18). The van der Waals surface area contributed by atoms with Crippen LogP contribution in [0.1, 0.15) is 29.6 Å². The van der Waals surface area contributed by atoms with Crippen molar-refractivity contribution in [3.05, 3.63) is 28.0 Å². The molecule has 0 spiro atoms. The summed E-state index contributed by atoms with van der Waals surface area (Å²) in [5.74, 6) is -1.12. The quantitative estimate of drug-likeness (QED) is 0.818. The summed E-state index contributed by atoms with van der Waals surface area (Å²) in [5.41, 5.74) is 0.196. The van der Waals surface area contributed by atoms with Crippen LogP contribution in [0.3, 0.4) is 0 Å². The SMILES string of the molecule is O=C(O)CC(NC(=O)c1ccc(Cl)nc1Cl)C1CC1. The van der Waals surface area contributed by atoms with Gasteiger partial charge < -0.3 is 10.4 Å². The van der Waals surface area contributed by atoms with Gasteiger partial charge in [0.25, 0.3) is 5.91 Å². The number of aromatic nitrogens is 1. The molecule has 19 heavy (non-hydrogen) atoms. The van der Waals surface area contributed by atoms with Crippen LogP contribution in [-0.4, -0.2) is 28.0 Å². The van der Waals surface area contributed by atoms with Crippen molar-refractivity contribution in [1.29, 1.82) is 0 Å². The second kappa shape index (κ2) is 5.75. The molecule has 0 aromatic carbocycles. The fraction of sp³-hybridized carbons (Fsp3) is 0.417. The van der Waals surface area contributed by atoms with E-state index in [0.717, 1.165) is 12.8 Å². The summed E-state index contributed by atoms with van der Waals surface area (Å²) in [4.78, 5) is 26.6. The number of carbonyl (C=O) groups is 2. The van der Waals surface area contributed by atoms with Gasteiger partial charge in [-0.15, -0.1) is 0 Å². The number of hydrogen-bond acceptors (Lipinski definition) is 3. The number of rotatable bonds is 5. The van der Waals surface area contributed by atoms with Crippen molar-refractivity contribution in [3.63, 3.8) is 0 Å². The van der Waals surface area contributed by atoms with Gasteiger partial charge in [0.05, 0.1) is 12.0 Å². The van der Waals surface area contributed by atoms with Gasteiger partial charge >= 0.3 is 5.97 Å². The van der Waals surface area contributed by atoms with E-state index in [9.17, 15) is 9.59 Å². The number of pyridine rings is 1. The van der Waals surface area contributed by atoms with Crippen LogP contribution in [-0.2, 0) is 4.79 Å². The Hall–Kier alpha value is -1.33. The molecule has 0 radical (unpaired) electrons. The highest BCUT2D eigenvalue weighted by atomic mass is 35.5. The lowest BCUT2D eigenvalue weighted by atomic mass is 10.1. The predicted octanol–water partition coefficient (Wildman–Crippen LogP) is 2.37. The second-order valence-corrected chi connectivity index (χ2v) is 5.23. The average molecular weight is 303 g/mol. The smallest absolute Gasteiger partial charge is 0.305 e. The van der Waals surface area contributed by atoms with Gasteiger partial charge in [-0.2, -0.15) is 0 Å². The van der Waals surface area contributed by atoms with Crippen molar-refractivity contribution in [1.82, 2.24) is 10.3 Å². The first-order chi connectivity index (χ1) is 8.97. The van der Waals surface area contributed by atoms with Crippen molar-refractivity contribution < 1.29 is 14.7 Å². The third-order valence-corrected chi connectivity index (χ3v) is 3.46. The van der Waals surface area contributed by atoms with E-state index in [4.69, 9.17) is 28.3 Å². The third-order valence-electron chi connectivity index (χ3n) is 2.96. The van der Waals surface area contributed by atoms with Crippen molar-refractivity contribution >= 4 is 35.1 Å². The van der Waals surface area contributed by atoms with Gasteiger partial charge in [-0.3, -0.25) is 9.59 Å². The molecular formula is C12H12Cl2N2O3. The summed E-state index contributed by atoms with van der Waals surface area (Å²) in [7, 11) is 0. The van der Waals surface area contributed by atoms with Crippen LogP contribution in [0.2, 0.25) is 10.3 Å². The molecule has 2 N–H and O–H groups in total. The largest absolute Gasteiger partial charge is 0.481 e. The number of halogens is 2. The first kappa shape index (κ1) is 14.1. The number of carboxylic acids is 1. The van der Waals surface area contributed by atoms with Crippen LogP contribution in [0.4, 0.5) is 0 Å². The van der Waals surface area contributed by atoms with E-state index >= 15 is 0 Å². The predicted molar refractivity (Wildman–Crippen MR) is 70.5 cm³/mol. The van der Waals surface area contributed by atoms with Gasteiger partial charge in [0.2, 0.25) is 0 Å². The Kier molecular flexibility index (Phi) is 4.27. The summed E-state index contributed by atoms with van der Waals surface area (Å²) >= 11 is 11.5. The Bertz CT molecular complexity index is 518. The molecule has 0 saturated heterocycles. The van der Waals surface area contributed by atoms with Crippen LogP contribution in [0.5, 0.6) is 0 Å². The van der Waals surface area contributed by atoms with E-state index < -0.39 is 11.9 Å². The fourth-order valence-electron chi connectivity index (χ4n) is 1.85. The van der Waals surface area contributed by atoms with E-state index in [1.807, 2.05) is 0 Å². The molecule has 7 heteroatoms. The fourth-order valence-corrected chi connectivity index (χ4v) is 2.28. The summed E-state index contributed by atoms with van der Waals surface area (Å²) < 4.78 is 0. The zero-order valence-corrected chi connectivity index (χ0v) is 11.4. The summed E-state index contributed by atoms with van der Waals surface area (Å²) in [6.45, 7) is 0. The normalized spacial score (nSPS) is 15.9. The molecule has 1 fully saturated rings. The summed E-state index contributed by atoms with van der Waals surface area (Å²) in [6, 6.07) is 2.57. The van der Waals surface area contributed by atoms with Gasteiger partial charge in [-0.25, -0.2) is 4.98 Å². The molecule has 102 valence electrons. The summed E-state index contributed by atoms with van der Waals surface area (Å²) in [6.07, 6.45) is 1.78. The molecule has 0 bridgehead atoms. The van der Waals surface area contributed by atoms with Crippen LogP contribution in [0.15, 0.2) is 12.1 Å². The number of amides is 1. The lowest BCUT2D eigenvalue weighted by Gasteiger charge is -2.16. The van der Waals surface area contributed by atoms with Crippen molar-refractivity contribution in [3.8, 4) is 0 Å². The van der Waals surface area contributed by atoms with Gasteiger partial charge in [0, 0.05) is 6.04 Å². The highest BCUT2D eigenvalue weighted by Gasteiger charge is 2.34. The maximum atomic E-state index is 12.0. The number of carbonyl (C=O) groups excluding carboxylic acids is 1. The molecule has 1 saturated carbocycles. The van der Waals surface area contributed by atoms with Gasteiger partial charge in [0.15, 0.2) is 0 Å². The molecule has 1 aliphatic carbocycles. The van der Waals surface area contributed by atoms with Crippen molar-refractivity contribution in [2.75, 3.05) is 0 Å². The van der Waals surface area contributed by atoms with E-state index in [1.54, 1.807) is 0 Å². The molecule has 1 heterocycles. The van der Waals surface area contributed by atoms with E-state index in [1.165, 1.54) is 12.1 Å². The first-order valence-corrected chi connectivity index (χ1v) is 6.57. The lowest BCUT2D eigenvalue weighted by Crippen LogP contribution is -2.38. The Morgan fingerprint density at radius 2 is 2.11 bits per heavy atom. The Morgan fingerprint density at radius 1 is 1.42 bits per heavy atom. The van der Waals surface area contributed by atoms with Crippen molar-refractivity contribution in [2.45, 2.75) is 25.3 Å². The molecule has 1 aromatic heterocycles. The molecular weight excluding hydrogens is 291 g/mol. The Balaban J connectivity index is 2.08. The van der Waals surface area contributed by atoms with Gasteiger partial charge in [-0.05, 0) is 30.9 Å². The highest BCUT2D eigenvalue weighted by molar-refractivity contribution is 6.34. The van der Waals surface area contributed by atoms with Crippen molar-refractivity contribution in [2.24, 2.45) is 5.92 Å². The number of carboxylic acid groups (broad SMARTS) is 1. The Labute approximate surface area is 119 Å². The number of nitrogens with one attached hydrogen (secondary N) is 1. The van der Waals surface area contributed by atoms with Crippen LogP contribution in [0.25, 0.3) is 0 Å². The van der Waals surface area contributed by atoms with Crippen LogP contribution >= 0.6 is 23.2 Å². The number of aliphatic carboxylic acids is 1. The maximum absolute atomic E-state index is 12.0. The number of hydrogen-bond donors (Lipinski definition) is 2. The van der Waals surface area contributed by atoms with Crippen LogP contribution < -0.4 is 5.32 Å². The molecule has 2 rings (SSSR count). The molecule has 1 aliphatic rings. The average Bonchev–Trinajstić information content (AvgIpc) is 3.10. The van der Waals surface area contributed by atoms with E-state index in [-0.39, 0.29) is 34.3 Å². The third kappa shape index (κ3) is 3.81. The molecule has 5 nitrogen and oxygen atoms in total. The molecule has 0 aliphatic heterocycles. The highest BCUT2D eigenvalue weighted by Crippen LogP contribution is 2.34. The minimum atomic E-state index is -0.933. The molecule has 1 atom stereocenters. The lowest BCUT2D eigenvalue weighted by molar-refractivity contribution is -0.137. The van der Waals surface area contributed by atoms with Gasteiger partial charge in [-0.1, -0.05) is 23.2 Å². The minimum Gasteiger partial charge on any atom is -0.481 e. The summed E-state index contributed by atoms with van der Waals surface area (Å²) in [5, 5.41) is 11.7. The number of nitrogens with zero attached hydrogens (tertiary/aromatic N) is 1. The topological polar surface area (TPSA) is 79.3 Å². The van der Waals surface area contributed by atoms with Gasteiger partial charge in [0.1, 0.15) is 10.3 Å². The minimum absolute atomic E-state index is 0.00914. The zero-order valence-electron chi connectivity index (χ0n) is 9.90.